The number of phenolic OH excluding ortho intramolecular Hbond substituents is 1. The van der Waals surface area contributed by atoms with Crippen LogP contribution in [-0.4, -0.2) is 22.9 Å². The lowest BCUT2D eigenvalue weighted by atomic mass is 10.1. The van der Waals surface area contributed by atoms with Crippen LogP contribution in [0.2, 0.25) is 0 Å². The van der Waals surface area contributed by atoms with Gasteiger partial charge in [0.1, 0.15) is 0 Å². The molecular formula is C12H9Br2NO4S. The van der Waals surface area contributed by atoms with E-state index in [0.29, 0.717) is 26.9 Å². The van der Waals surface area contributed by atoms with E-state index in [2.05, 4.69) is 37.2 Å². The molecule has 1 saturated heterocycles. The van der Waals surface area contributed by atoms with Crippen LogP contribution in [0.5, 0.6) is 11.5 Å². The lowest BCUT2D eigenvalue weighted by molar-refractivity contribution is -0.115. The van der Waals surface area contributed by atoms with Crippen molar-refractivity contribution in [3.63, 3.8) is 0 Å². The van der Waals surface area contributed by atoms with Crippen molar-refractivity contribution in [1.29, 1.82) is 0 Å². The molecule has 0 aromatic heterocycles. The van der Waals surface area contributed by atoms with Crippen molar-refractivity contribution >= 4 is 60.8 Å². The highest BCUT2D eigenvalue weighted by Crippen LogP contribution is 2.42. The van der Waals surface area contributed by atoms with Crippen LogP contribution in [0.15, 0.2) is 19.9 Å². The number of hydrogen-bond acceptors (Lipinski definition) is 5. The Hall–Kier alpha value is -0.990. The van der Waals surface area contributed by atoms with Crippen LogP contribution < -0.4 is 10.1 Å². The first-order chi connectivity index (χ1) is 9.43. The number of rotatable bonds is 3. The summed E-state index contributed by atoms with van der Waals surface area (Å²) in [6, 6.07) is 1.62. The van der Waals surface area contributed by atoms with Crippen LogP contribution in [0.25, 0.3) is 6.08 Å². The number of phenols is 1. The minimum atomic E-state index is -0.482. The molecule has 0 bridgehead atoms. The van der Waals surface area contributed by atoms with Crippen molar-refractivity contribution in [2.24, 2.45) is 0 Å². The SMILES string of the molecule is CCOc1cc(Br)c(Br)c(C=C2SC(=O)NC2=O)c1O. The first-order valence-electron chi connectivity index (χ1n) is 5.52. The summed E-state index contributed by atoms with van der Waals surface area (Å²) in [5, 5.41) is 11.9. The zero-order valence-electron chi connectivity index (χ0n) is 10.2. The molecule has 1 heterocycles. The Labute approximate surface area is 136 Å². The van der Waals surface area contributed by atoms with E-state index in [0.717, 1.165) is 11.8 Å². The molecular weight excluding hydrogens is 414 g/mol. The van der Waals surface area contributed by atoms with Crippen molar-refractivity contribution in [2.45, 2.75) is 6.92 Å². The molecule has 0 unspecified atom stereocenters. The summed E-state index contributed by atoms with van der Waals surface area (Å²) in [4.78, 5) is 22.9. The second kappa shape index (κ2) is 6.19. The van der Waals surface area contributed by atoms with E-state index >= 15 is 0 Å². The van der Waals surface area contributed by atoms with Crippen molar-refractivity contribution in [3.05, 3.63) is 25.5 Å². The number of aromatic hydroxyl groups is 1. The number of halogens is 2. The third-order valence-corrected chi connectivity index (χ3v) is 5.23. The molecule has 8 heteroatoms. The standard InChI is InChI=1S/C12H9Br2NO4S/c1-2-19-7-4-6(13)9(14)5(10(7)16)3-8-11(17)15-12(18)20-8/h3-4,16H,2H2,1H3,(H,15,17,18). The summed E-state index contributed by atoms with van der Waals surface area (Å²) in [6.45, 7) is 2.19. The molecule has 2 rings (SSSR count). The van der Waals surface area contributed by atoms with Gasteiger partial charge in [0.15, 0.2) is 11.5 Å². The zero-order valence-corrected chi connectivity index (χ0v) is 14.2. The molecule has 2 N–H and O–H groups in total. The fourth-order valence-electron chi connectivity index (χ4n) is 1.56. The lowest BCUT2D eigenvalue weighted by Gasteiger charge is -2.11. The van der Waals surface area contributed by atoms with Gasteiger partial charge in [-0.05, 0) is 62.7 Å². The highest BCUT2D eigenvalue weighted by molar-refractivity contribution is 9.13. The van der Waals surface area contributed by atoms with Gasteiger partial charge >= 0.3 is 0 Å². The Balaban J connectivity index is 2.53. The molecule has 1 aliphatic heterocycles. The van der Waals surface area contributed by atoms with E-state index in [4.69, 9.17) is 4.74 Å². The van der Waals surface area contributed by atoms with Crippen LogP contribution in [-0.2, 0) is 4.79 Å². The van der Waals surface area contributed by atoms with E-state index in [-0.39, 0.29) is 10.7 Å². The van der Waals surface area contributed by atoms with E-state index in [1.807, 2.05) is 0 Å². The Morgan fingerprint density at radius 1 is 1.45 bits per heavy atom. The van der Waals surface area contributed by atoms with Crippen molar-refractivity contribution in [2.75, 3.05) is 6.61 Å². The van der Waals surface area contributed by atoms with Gasteiger partial charge < -0.3 is 9.84 Å². The van der Waals surface area contributed by atoms with Gasteiger partial charge in [-0.1, -0.05) is 0 Å². The third kappa shape index (κ3) is 3.02. The molecule has 1 aromatic carbocycles. The lowest BCUT2D eigenvalue weighted by Crippen LogP contribution is -2.17. The average molecular weight is 423 g/mol. The maximum atomic E-state index is 11.5. The molecule has 20 heavy (non-hydrogen) atoms. The van der Waals surface area contributed by atoms with Gasteiger partial charge in [-0.25, -0.2) is 0 Å². The number of carbonyl (C=O) groups excluding carboxylic acids is 2. The fourth-order valence-corrected chi connectivity index (χ4v) is 3.06. The summed E-state index contributed by atoms with van der Waals surface area (Å²) in [6.07, 6.45) is 1.44. The van der Waals surface area contributed by atoms with E-state index in [1.54, 1.807) is 13.0 Å². The largest absolute Gasteiger partial charge is 0.504 e. The number of hydrogen-bond donors (Lipinski definition) is 2. The Bertz CT molecular complexity index is 630. The smallest absolute Gasteiger partial charge is 0.290 e. The number of amides is 2. The third-order valence-electron chi connectivity index (χ3n) is 2.41. The van der Waals surface area contributed by atoms with Gasteiger partial charge in [-0.2, -0.15) is 0 Å². The highest BCUT2D eigenvalue weighted by atomic mass is 79.9. The summed E-state index contributed by atoms with van der Waals surface area (Å²) in [5.41, 5.74) is 0.371. The minimum Gasteiger partial charge on any atom is -0.504 e. The van der Waals surface area contributed by atoms with Crippen molar-refractivity contribution < 1.29 is 19.4 Å². The molecule has 0 saturated carbocycles. The molecule has 1 aliphatic rings. The quantitative estimate of drug-likeness (QED) is 0.727. The van der Waals surface area contributed by atoms with Crippen molar-refractivity contribution in [1.82, 2.24) is 5.32 Å². The van der Waals surface area contributed by atoms with Gasteiger partial charge in [0.2, 0.25) is 0 Å². The van der Waals surface area contributed by atoms with E-state index in [1.165, 1.54) is 6.08 Å². The average Bonchev–Trinajstić information content (AvgIpc) is 2.70. The summed E-state index contributed by atoms with van der Waals surface area (Å²) < 4.78 is 6.56. The monoisotopic (exact) mass is 421 g/mol. The predicted octanol–water partition coefficient (Wildman–Crippen LogP) is 3.64. The van der Waals surface area contributed by atoms with Gasteiger partial charge in [0, 0.05) is 14.5 Å². The first-order valence-corrected chi connectivity index (χ1v) is 7.93. The van der Waals surface area contributed by atoms with Crippen LogP contribution in [0.3, 0.4) is 0 Å². The van der Waals surface area contributed by atoms with Crippen LogP contribution >= 0.6 is 43.6 Å². The highest BCUT2D eigenvalue weighted by Gasteiger charge is 2.26. The Kier molecular flexibility index (Phi) is 4.77. The Morgan fingerprint density at radius 3 is 2.70 bits per heavy atom. The Morgan fingerprint density at radius 2 is 2.15 bits per heavy atom. The first kappa shape index (κ1) is 15.4. The van der Waals surface area contributed by atoms with Crippen LogP contribution in [0.4, 0.5) is 4.79 Å². The molecule has 1 aromatic rings. The number of thioether (sulfide) groups is 1. The molecule has 2 amide bonds. The second-order valence-corrected chi connectivity index (χ2v) is 6.38. The van der Waals surface area contributed by atoms with Gasteiger partial charge in [-0.3, -0.25) is 14.9 Å². The van der Waals surface area contributed by atoms with Gasteiger partial charge in [0.05, 0.1) is 11.5 Å². The van der Waals surface area contributed by atoms with Gasteiger partial charge in [-0.15, -0.1) is 0 Å². The molecule has 0 spiro atoms. The number of imide groups is 1. The summed E-state index contributed by atoms with van der Waals surface area (Å²) >= 11 is 7.45. The molecule has 0 atom stereocenters. The van der Waals surface area contributed by atoms with E-state index < -0.39 is 11.1 Å². The van der Waals surface area contributed by atoms with Crippen LogP contribution in [0.1, 0.15) is 12.5 Å². The normalized spacial score (nSPS) is 16.6. The van der Waals surface area contributed by atoms with Gasteiger partial charge in [0.25, 0.3) is 11.1 Å². The second-order valence-electron chi connectivity index (χ2n) is 3.72. The zero-order chi connectivity index (χ0) is 14.9. The molecule has 5 nitrogen and oxygen atoms in total. The minimum absolute atomic E-state index is 0.0952. The number of benzene rings is 1. The number of carbonyl (C=O) groups is 2. The summed E-state index contributed by atoms with van der Waals surface area (Å²) in [5.74, 6) is -0.282. The number of nitrogens with one attached hydrogen (secondary N) is 1. The topological polar surface area (TPSA) is 75.6 Å². The predicted molar refractivity (Wildman–Crippen MR) is 83.8 cm³/mol. The molecule has 106 valence electrons. The maximum Gasteiger partial charge on any atom is 0.290 e. The molecule has 1 fully saturated rings. The number of ether oxygens (including phenoxy) is 1. The maximum absolute atomic E-state index is 11.5. The van der Waals surface area contributed by atoms with E-state index in [9.17, 15) is 14.7 Å². The van der Waals surface area contributed by atoms with Crippen LogP contribution in [0, 0.1) is 0 Å². The van der Waals surface area contributed by atoms with Crippen molar-refractivity contribution in [3.8, 4) is 11.5 Å². The molecule has 0 radical (unpaired) electrons. The molecule has 0 aliphatic carbocycles. The fraction of sp³-hybridized carbons (Fsp3) is 0.167. The summed E-state index contributed by atoms with van der Waals surface area (Å²) in [7, 11) is 0.